The summed E-state index contributed by atoms with van der Waals surface area (Å²) in [6, 6.07) is 0. The number of esters is 2. The van der Waals surface area contributed by atoms with Gasteiger partial charge in [0.2, 0.25) is 0 Å². The number of ether oxygens (including phenoxy) is 2. The Hall–Kier alpha value is -1.58. The summed E-state index contributed by atoms with van der Waals surface area (Å²) in [5, 5.41) is 0. The van der Waals surface area contributed by atoms with Gasteiger partial charge >= 0.3 is 11.9 Å². The van der Waals surface area contributed by atoms with Crippen molar-refractivity contribution in [1.82, 2.24) is 0 Å². The van der Waals surface area contributed by atoms with Gasteiger partial charge in [-0.3, -0.25) is 9.59 Å². The number of hydrogen-bond donors (Lipinski definition) is 0. The van der Waals surface area contributed by atoms with Gasteiger partial charge in [0.1, 0.15) is 0 Å². The van der Waals surface area contributed by atoms with Crippen molar-refractivity contribution in [2.45, 2.75) is 40.0 Å². The molecule has 4 nitrogen and oxygen atoms in total. The molecule has 1 rings (SSSR count). The van der Waals surface area contributed by atoms with Crippen LogP contribution < -0.4 is 0 Å². The maximum atomic E-state index is 12.1. The Morgan fingerprint density at radius 1 is 1.20 bits per heavy atom. The third kappa shape index (κ3) is 4.51. The van der Waals surface area contributed by atoms with Crippen molar-refractivity contribution in [2.24, 2.45) is 11.8 Å². The minimum Gasteiger partial charge on any atom is -0.466 e. The Balaban J connectivity index is 2.86. The molecule has 0 aromatic rings. The molecule has 0 saturated heterocycles. The first-order valence-electron chi connectivity index (χ1n) is 7.15. The van der Waals surface area contributed by atoms with Gasteiger partial charge < -0.3 is 9.47 Å². The lowest BCUT2D eigenvalue weighted by atomic mass is 9.78. The van der Waals surface area contributed by atoms with Gasteiger partial charge in [0, 0.05) is 0 Å². The average Bonchev–Trinajstić information content (AvgIpc) is 2.38. The summed E-state index contributed by atoms with van der Waals surface area (Å²) in [5.41, 5.74) is 2.20. The zero-order chi connectivity index (χ0) is 15.1. The largest absolute Gasteiger partial charge is 0.466 e. The molecule has 0 saturated carbocycles. The topological polar surface area (TPSA) is 52.6 Å². The normalized spacial score (nSPS) is 21.9. The van der Waals surface area contributed by atoms with Crippen LogP contribution in [0.2, 0.25) is 0 Å². The van der Waals surface area contributed by atoms with Crippen molar-refractivity contribution in [3.05, 3.63) is 23.8 Å². The predicted octanol–water partition coefficient (Wildman–Crippen LogP) is 3.03. The van der Waals surface area contributed by atoms with Crippen LogP contribution >= 0.6 is 0 Å². The first kappa shape index (κ1) is 16.5. The van der Waals surface area contributed by atoms with E-state index in [-0.39, 0.29) is 11.9 Å². The van der Waals surface area contributed by atoms with E-state index >= 15 is 0 Å². The van der Waals surface area contributed by atoms with Crippen molar-refractivity contribution >= 4 is 11.9 Å². The fourth-order valence-electron chi connectivity index (χ4n) is 2.50. The van der Waals surface area contributed by atoms with Crippen LogP contribution in [0, 0.1) is 11.8 Å². The molecule has 0 heterocycles. The zero-order valence-electron chi connectivity index (χ0n) is 12.6. The molecule has 1 aliphatic carbocycles. The minimum absolute atomic E-state index is 0.308. The van der Waals surface area contributed by atoms with Gasteiger partial charge in [0.25, 0.3) is 0 Å². The average molecular weight is 280 g/mol. The predicted molar refractivity (Wildman–Crippen MR) is 77.0 cm³/mol. The van der Waals surface area contributed by atoms with Gasteiger partial charge in [-0.05, 0) is 40.0 Å². The number of allylic oxidation sites excluding steroid dienone is 3. The molecule has 0 aromatic carbocycles. The molecule has 0 aromatic heterocycles. The smallest absolute Gasteiger partial charge is 0.310 e. The fourth-order valence-corrected chi connectivity index (χ4v) is 2.50. The lowest BCUT2D eigenvalue weighted by molar-refractivity contribution is -0.160. The third-order valence-corrected chi connectivity index (χ3v) is 3.34. The Kier molecular flexibility index (Phi) is 6.49. The monoisotopic (exact) mass is 280 g/mol. The summed E-state index contributed by atoms with van der Waals surface area (Å²) in [6.07, 6.45) is 3.89. The molecule has 0 fully saturated rings. The van der Waals surface area contributed by atoms with Gasteiger partial charge in [-0.25, -0.2) is 0 Å². The molecule has 4 heteroatoms. The molecule has 0 N–H and O–H groups in total. The maximum Gasteiger partial charge on any atom is 0.310 e. The van der Waals surface area contributed by atoms with Crippen molar-refractivity contribution in [2.75, 3.05) is 13.2 Å². The summed E-state index contributed by atoms with van der Waals surface area (Å²) < 4.78 is 10.2. The summed E-state index contributed by atoms with van der Waals surface area (Å²) in [7, 11) is 0. The molecule has 0 unspecified atom stereocenters. The van der Waals surface area contributed by atoms with Gasteiger partial charge in [-0.2, -0.15) is 0 Å². The summed E-state index contributed by atoms with van der Waals surface area (Å²) >= 11 is 0. The van der Waals surface area contributed by atoms with E-state index in [1.807, 2.05) is 13.0 Å². The number of hydrogen-bond acceptors (Lipinski definition) is 4. The standard InChI is InChI=1S/C16H24O4/c1-5-19-15(17)13-8-7-12(9-11(3)4)10-14(13)16(18)20-6-2/h7,13-14H,3,5-6,8-10H2,1-2,4H3/t13-,14-/m0/s1. The Labute approximate surface area is 120 Å². The van der Waals surface area contributed by atoms with Crippen LogP contribution in [-0.2, 0) is 19.1 Å². The molecular formula is C16H24O4. The molecule has 0 radical (unpaired) electrons. The summed E-state index contributed by atoms with van der Waals surface area (Å²) in [4.78, 5) is 24.0. The third-order valence-electron chi connectivity index (χ3n) is 3.34. The molecule has 0 bridgehead atoms. The molecular weight excluding hydrogens is 256 g/mol. The first-order chi connectivity index (χ1) is 9.49. The van der Waals surface area contributed by atoms with Crippen LogP contribution in [-0.4, -0.2) is 25.2 Å². The highest BCUT2D eigenvalue weighted by Gasteiger charge is 2.38. The lowest BCUT2D eigenvalue weighted by Crippen LogP contribution is -2.34. The number of carbonyl (C=O) groups excluding carboxylic acids is 2. The first-order valence-corrected chi connectivity index (χ1v) is 7.15. The van der Waals surface area contributed by atoms with E-state index < -0.39 is 11.8 Å². The van der Waals surface area contributed by atoms with E-state index in [0.29, 0.717) is 26.1 Å². The highest BCUT2D eigenvalue weighted by atomic mass is 16.5. The van der Waals surface area contributed by atoms with Gasteiger partial charge in [-0.15, -0.1) is 0 Å². The quantitative estimate of drug-likeness (QED) is 0.554. The van der Waals surface area contributed by atoms with Gasteiger partial charge in [0.15, 0.2) is 0 Å². The van der Waals surface area contributed by atoms with E-state index in [1.165, 1.54) is 0 Å². The Bertz CT molecular complexity index is 409. The summed E-state index contributed by atoms with van der Waals surface area (Å²) in [5.74, 6) is -1.48. The van der Waals surface area contributed by atoms with Gasteiger partial charge in [-0.1, -0.05) is 23.8 Å². The molecule has 20 heavy (non-hydrogen) atoms. The second kappa shape index (κ2) is 7.88. The van der Waals surface area contributed by atoms with Crippen molar-refractivity contribution in [1.29, 1.82) is 0 Å². The van der Waals surface area contributed by atoms with E-state index in [2.05, 4.69) is 6.58 Å². The molecule has 1 aliphatic rings. The highest BCUT2D eigenvalue weighted by Crippen LogP contribution is 2.34. The molecule has 0 spiro atoms. The highest BCUT2D eigenvalue weighted by molar-refractivity contribution is 5.83. The second-order valence-corrected chi connectivity index (χ2v) is 5.15. The van der Waals surface area contributed by atoms with Crippen LogP contribution in [0.1, 0.15) is 40.0 Å². The number of rotatable bonds is 6. The van der Waals surface area contributed by atoms with Crippen molar-refractivity contribution in [3.8, 4) is 0 Å². The zero-order valence-corrected chi connectivity index (χ0v) is 12.6. The van der Waals surface area contributed by atoms with E-state index in [1.54, 1.807) is 13.8 Å². The lowest BCUT2D eigenvalue weighted by Gasteiger charge is -2.28. The fraction of sp³-hybridized carbons (Fsp3) is 0.625. The van der Waals surface area contributed by atoms with Crippen LogP contribution in [0.5, 0.6) is 0 Å². The van der Waals surface area contributed by atoms with E-state index in [0.717, 1.165) is 17.6 Å². The summed E-state index contributed by atoms with van der Waals surface area (Å²) in [6.45, 7) is 10.0. The van der Waals surface area contributed by atoms with E-state index in [9.17, 15) is 9.59 Å². The second-order valence-electron chi connectivity index (χ2n) is 5.15. The van der Waals surface area contributed by atoms with Crippen molar-refractivity contribution < 1.29 is 19.1 Å². The van der Waals surface area contributed by atoms with E-state index in [4.69, 9.17) is 9.47 Å². The number of carbonyl (C=O) groups is 2. The SMILES string of the molecule is C=C(C)CC1=CC[C@H](C(=O)OCC)[C@@H](C(=O)OCC)C1. The molecule has 112 valence electrons. The van der Waals surface area contributed by atoms with Gasteiger partial charge in [0.05, 0.1) is 25.0 Å². The Morgan fingerprint density at radius 2 is 1.75 bits per heavy atom. The maximum absolute atomic E-state index is 12.1. The van der Waals surface area contributed by atoms with Crippen LogP contribution in [0.25, 0.3) is 0 Å². The van der Waals surface area contributed by atoms with Crippen molar-refractivity contribution in [3.63, 3.8) is 0 Å². The minimum atomic E-state index is -0.437. The van der Waals surface area contributed by atoms with Crippen LogP contribution in [0.4, 0.5) is 0 Å². The molecule has 0 aliphatic heterocycles. The Morgan fingerprint density at radius 3 is 2.25 bits per heavy atom. The molecule has 2 atom stereocenters. The van der Waals surface area contributed by atoms with Crippen LogP contribution in [0.15, 0.2) is 23.8 Å². The molecule has 0 amide bonds. The van der Waals surface area contributed by atoms with Crippen LogP contribution in [0.3, 0.4) is 0 Å².